The van der Waals surface area contributed by atoms with Crippen molar-refractivity contribution >= 4 is 10.9 Å². The van der Waals surface area contributed by atoms with Gasteiger partial charge in [0.15, 0.2) is 0 Å². The molecule has 1 aromatic carbocycles. The molecule has 0 saturated carbocycles. The van der Waals surface area contributed by atoms with Crippen LogP contribution < -0.4 is 0 Å². The van der Waals surface area contributed by atoms with Gasteiger partial charge in [-0.2, -0.15) is 0 Å². The third kappa shape index (κ3) is 2.37. The number of hydrogen-bond donors (Lipinski definition) is 1. The molecule has 18 heavy (non-hydrogen) atoms. The van der Waals surface area contributed by atoms with Gasteiger partial charge >= 0.3 is 0 Å². The summed E-state index contributed by atoms with van der Waals surface area (Å²) in [4.78, 5) is 4.36. The lowest BCUT2D eigenvalue weighted by atomic mass is 9.92. The highest BCUT2D eigenvalue weighted by molar-refractivity contribution is 5.82. The minimum Gasteiger partial charge on any atom is -0.385 e. The summed E-state index contributed by atoms with van der Waals surface area (Å²) >= 11 is 0. The first kappa shape index (κ1) is 13.0. The molecule has 0 fully saturated rings. The number of rotatable bonds is 4. The zero-order valence-corrected chi connectivity index (χ0v) is 11.1. The Labute approximate surface area is 107 Å². The van der Waals surface area contributed by atoms with Gasteiger partial charge in [0.05, 0.1) is 11.1 Å². The SMILES string of the molecule is CCOC(C)(C)C(O)c1cccc2cccnc12. The van der Waals surface area contributed by atoms with Crippen LogP contribution in [-0.2, 0) is 4.74 Å². The van der Waals surface area contributed by atoms with Crippen molar-refractivity contribution in [2.24, 2.45) is 0 Å². The molecule has 0 bridgehead atoms. The minimum absolute atomic E-state index is 0.572. The van der Waals surface area contributed by atoms with Crippen LogP contribution >= 0.6 is 0 Å². The second-order valence-electron chi connectivity index (χ2n) is 4.86. The van der Waals surface area contributed by atoms with Crippen LogP contribution in [0.25, 0.3) is 10.9 Å². The lowest BCUT2D eigenvalue weighted by molar-refractivity contribution is -0.0978. The highest BCUT2D eigenvalue weighted by Gasteiger charge is 2.30. The van der Waals surface area contributed by atoms with Crippen molar-refractivity contribution in [1.29, 1.82) is 0 Å². The molecule has 96 valence electrons. The molecule has 0 aliphatic carbocycles. The van der Waals surface area contributed by atoms with Gasteiger partial charge < -0.3 is 9.84 Å². The lowest BCUT2D eigenvalue weighted by Crippen LogP contribution is -2.33. The second kappa shape index (κ2) is 5.04. The van der Waals surface area contributed by atoms with Crippen molar-refractivity contribution in [3.8, 4) is 0 Å². The normalized spacial score (nSPS) is 13.8. The molecule has 2 aromatic rings. The molecule has 0 saturated heterocycles. The van der Waals surface area contributed by atoms with E-state index in [-0.39, 0.29) is 0 Å². The molecule has 2 rings (SSSR count). The van der Waals surface area contributed by atoms with E-state index in [4.69, 9.17) is 4.74 Å². The van der Waals surface area contributed by atoms with Gasteiger partial charge in [0.25, 0.3) is 0 Å². The topological polar surface area (TPSA) is 42.4 Å². The third-order valence-corrected chi connectivity index (χ3v) is 3.13. The number of ether oxygens (including phenoxy) is 1. The largest absolute Gasteiger partial charge is 0.385 e. The molecular formula is C15H19NO2. The Balaban J connectivity index is 2.48. The first-order chi connectivity index (χ1) is 8.56. The fourth-order valence-corrected chi connectivity index (χ4v) is 2.17. The molecule has 3 heteroatoms. The van der Waals surface area contributed by atoms with E-state index in [0.717, 1.165) is 16.5 Å². The van der Waals surface area contributed by atoms with Gasteiger partial charge in [0, 0.05) is 23.8 Å². The maximum absolute atomic E-state index is 10.5. The van der Waals surface area contributed by atoms with E-state index in [0.29, 0.717) is 6.61 Å². The number of benzene rings is 1. The van der Waals surface area contributed by atoms with Gasteiger partial charge in [-0.05, 0) is 26.8 Å². The summed E-state index contributed by atoms with van der Waals surface area (Å²) in [6.45, 7) is 6.28. The maximum Gasteiger partial charge on any atom is 0.109 e. The Bertz CT molecular complexity index is 532. The summed E-state index contributed by atoms with van der Waals surface area (Å²) in [5.41, 5.74) is 1.02. The minimum atomic E-state index is -0.698. The number of aliphatic hydroxyl groups excluding tert-OH is 1. The maximum atomic E-state index is 10.5. The molecule has 0 aliphatic rings. The number of aromatic nitrogens is 1. The van der Waals surface area contributed by atoms with E-state index >= 15 is 0 Å². The van der Waals surface area contributed by atoms with Crippen molar-refractivity contribution in [2.75, 3.05) is 6.61 Å². The predicted octanol–water partition coefficient (Wildman–Crippen LogP) is 3.08. The smallest absolute Gasteiger partial charge is 0.109 e. The highest BCUT2D eigenvalue weighted by atomic mass is 16.5. The zero-order valence-electron chi connectivity index (χ0n) is 11.1. The number of fused-ring (bicyclic) bond motifs is 1. The van der Waals surface area contributed by atoms with E-state index in [1.807, 2.05) is 51.1 Å². The number of aliphatic hydroxyl groups is 1. The quantitative estimate of drug-likeness (QED) is 0.900. The van der Waals surface area contributed by atoms with Gasteiger partial charge in [-0.15, -0.1) is 0 Å². The van der Waals surface area contributed by atoms with Gasteiger partial charge in [-0.25, -0.2) is 0 Å². The van der Waals surface area contributed by atoms with Crippen molar-refractivity contribution in [2.45, 2.75) is 32.5 Å². The summed E-state index contributed by atoms with van der Waals surface area (Å²) in [6.07, 6.45) is 1.04. The van der Waals surface area contributed by atoms with Crippen LogP contribution in [0.4, 0.5) is 0 Å². The van der Waals surface area contributed by atoms with Gasteiger partial charge in [0.2, 0.25) is 0 Å². The van der Waals surface area contributed by atoms with Crippen LogP contribution in [0.5, 0.6) is 0 Å². The van der Waals surface area contributed by atoms with E-state index in [1.165, 1.54) is 0 Å². The first-order valence-corrected chi connectivity index (χ1v) is 6.22. The molecular weight excluding hydrogens is 226 g/mol. The molecule has 1 heterocycles. The predicted molar refractivity (Wildman–Crippen MR) is 72.4 cm³/mol. The molecule has 1 N–H and O–H groups in total. The van der Waals surface area contributed by atoms with Crippen LogP contribution in [0.1, 0.15) is 32.4 Å². The average Bonchev–Trinajstić information content (AvgIpc) is 2.37. The highest BCUT2D eigenvalue weighted by Crippen LogP contribution is 2.32. The molecule has 1 unspecified atom stereocenters. The van der Waals surface area contributed by atoms with Crippen LogP contribution in [0, 0.1) is 0 Å². The Hall–Kier alpha value is -1.45. The van der Waals surface area contributed by atoms with Gasteiger partial charge in [0.1, 0.15) is 6.10 Å². The van der Waals surface area contributed by atoms with Crippen molar-refractivity contribution in [3.05, 3.63) is 42.1 Å². The molecule has 3 nitrogen and oxygen atoms in total. The number of para-hydroxylation sites is 1. The molecule has 0 amide bonds. The summed E-state index contributed by atoms with van der Waals surface area (Å²) in [6, 6.07) is 9.72. The standard InChI is InChI=1S/C15H19NO2/c1-4-18-15(2,3)14(17)12-9-5-7-11-8-6-10-16-13(11)12/h5-10,14,17H,4H2,1-3H3. The van der Waals surface area contributed by atoms with Crippen LogP contribution in [0.15, 0.2) is 36.5 Å². The van der Waals surface area contributed by atoms with E-state index in [1.54, 1.807) is 6.20 Å². The van der Waals surface area contributed by atoms with Crippen LogP contribution in [0.3, 0.4) is 0 Å². The molecule has 1 atom stereocenters. The lowest BCUT2D eigenvalue weighted by Gasteiger charge is -2.31. The average molecular weight is 245 g/mol. The fourth-order valence-electron chi connectivity index (χ4n) is 2.17. The first-order valence-electron chi connectivity index (χ1n) is 6.22. The Kier molecular flexibility index (Phi) is 3.64. The van der Waals surface area contributed by atoms with E-state index in [2.05, 4.69) is 4.98 Å². The Morgan fingerprint density at radius 3 is 2.72 bits per heavy atom. The molecule has 0 radical (unpaired) electrons. The fraction of sp³-hybridized carbons (Fsp3) is 0.400. The number of nitrogens with zero attached hydrogens (tertiary/aromatic N) is 1. The molecule has 0 spiro atoms. The third-order valence-electron chi connectivity index (χ3n) is 3.13. The van der Waals surface area contributed by atoms with Gasteiger partial charge in [-0.3, -0.25) is 4.98 Å². The Morgan fingerprint density at radius 2 is 2.00 bits per heavy atom. The second-order valence-corrected chi connectivity index (χ2v) is 4.86. The molecule has 1 aromatic heterocycles. The summed E-state index contributed by atoms with van der Waals surface area (Å²) in [5, 5.41) is 11.5. The van der Waals surface area contributed by atoms with E-state index < -0.39 is 11.7 Å². The van der Waals surface area contributed by atoms with Crippen LogP contribution in [0.2, 0.25) is 0 Å². The summed E-state index contributed by atoms with van der Waals surface area (Å²) in [5.74, 6) is 0. The monoisotopic (exact) mass is 245 g/mol. The van der Waals surface area contributed by atoms with Gasteiger partial charge in [-0.1, -0.05) is 24.3 Å². The van der Waals surface area contributed by atoms with Crippen molar-refractivity contribution in [3.63, 3.8) is 0 Å². The van der Waals surface area contributed by atoms with E-state index in [9.17, 15) is 5.11 Å². The van der Waals surface area contributed by atoms with Crippen LogP contribution in [-0.4, -0.2) is 22.3 Å². The Morgan fingerprint density at radius 1 is 1.28 bits per heavy atom. The van der Waals surface area contributed by atoms with Crippen molar-refractivity contribution in [1.82, 2.24) is 4.98 Å². The van der Waals surface area contributed by atoms with Crippen molar-refractivity contribution < 1.29 is 9.84 Å². The molecule has 0 aliphatic heterocycles. The summed E-state index contributed by atoms with van der Waals surface area (Å²) < 4.78 is 5.62. The zero-order chi connectivity index (χ0) is 13.2. The summed E-state index contributed by atoms with van der Waals surface area (Å²) in [7, 11) is 0. The number of pyridine rings is 1. The number of hydrogen-bond acceptors (Lipinski definition) is 3.